The van der Waals surface area contributed by atoms with E-state index in [1.54, 1.807) is 0 Å². The molecule has 0 radical (unpaired) electrons. The van der Waals surface area contributed by atoms with Gasteiger partial charge in [0.1, 0.15) is 15.7 Å². The number of anilines is 2. The molecule has 0 amide bonds. The molecule has 2 N–H and O–H groups in total. The molecule has 0 saturated carbocycles. The lowest BCUT2D eigenvalue weighted by molar-refractivity contribution is -0.384. The maximum absolute atomic E-state index is 13.9. The van der Waals surface area contributed by atoms with Crippen LogP contribution in [0.1, 0.15) is 25.6 Å². The molecule has 0 atom stereocenters. The number of thiocarbonyl (C=S) groups is 1. The number of thiophene rings is 1. The number of esters is 2. The predicted molar refractivity (Wildman–Crippen MR) is 105 cm³/mol. The van der Waals surface area contributed by atoms with Gasteiger partial charge in [-0.05, 0) is 30.8 Å². The van der Waals surface area contributed by atoms with Crippen molar-refractivity contribution in [1.82, 2.24) is 0 Å². The normalized spacial score (nSPS) is 10.1. The second-order valence-corrected chi connectivity index (χ2v) is 6.67. The molecule has 148 valence electrons. The monoisotopic (exact) mass is 427 g/mol. The minimum Gasteiger partial charge on any atom is -0.465 e. The number of rotatable bonds is 5. The first-order valence-electron chi connectivity index (χ1n) is 7.51. The van der Waals surface area contributed by atoms with Crippen molar-refractivity contribution in [1.29, 1.82) is 0 Å². The van der Waals surface area contributed by atoms with E-state index in [1.165, 1.54) is 21.1 Å². The Kier molecular flexibility index (Phi) is 6.59. The number of methoxy groups -OCH3 is 2. The standard InChI is InChI=1S/C16H14FN3O6S2/c1-7-11(14(21)25-2)13(28-12(7)15(22)26-3)19-16(27)18-10-6-8(20(23)24)4-5-9(10)17/h4-6H,1-3H3,(H2,18,19,27). The molecule has 2 rings (SSSR count). The van der Waals surface area contributed by atoms with Crippen LogP contribution in [0, 0.1) is 22.9 Å². The molecule has 12 heteroatoms. The van der Waals surface area contributed by atoms with E-state index in [4.69, 9.17) is 17.0 Å². The Balaban J connectivity index is 2.33. The number of non-ortho nitro benzene ring substituents is 1. The van der Waals surface area contributed by atoms with Gasteiger partial charge in [0, 0.05) is 12.1 Å². The van der Waals surface area contributed by atoms with E-state index in [2.05, 4.69) is 15.4 Å². The number of nitrogens with zero attached hydrogens (tertiary/aromatic N) is 1. The highest BCUT2D eigenvalue weighted by Gasteiger charge is 2.26. The van der Waals surface area contributed by atoms with Crippen molar-refractivity contribution in [3.63, 3.8) is 0 Å². The highest BCUT2D eigenvalue weighted by molar-refractivity contribution is 7.80. The van der Waals surface area contributed by atoms with Gasteiger partial charge in [-0.2, -0.15) is 0 Å². The minimum absolute atomic E-state index is 0.0663. The molecule has 0 fully saturated rings. The summed E-state index contributed by atoms with van der Waals surface area (Å²) in [6.07, 6.45) is 0. The lowest BCUT2D eigenvalue weighted by atomic mass is 10.1. The van der Waals surface area contributed by atoms with Gasteiger partial charge < -0.3 is 20.1 Å². The van der Waals surface area contributed by atoms with E-state index in [9.17, 15) is 24.1 Å². The highest BCUT2D eigenvalue weighted by atomic mass is 32.1. The average Bonchev–Trinajstić information content (AvgIpc) is 2.97. The summed E-state index contributed by atoms with van der Waals surface area (Å²) in [5.74, 6) is -2.12. The van der Waals surface area contributed by atoms with E-state index in [1.807, 2.05) is 0 Å². The van der Waals surface area contributed by atoms with Crippen molar-refractivity contribution in [2.45, 2.75) is 6.92 Å². The summed E-state index contributed by atoms with van der Waals surface area (Å²) in [5, 5.41) is 16.0. The zero-order chi connectivity index (χ0) is 21.0. The lowest BCUT2D eigenvalue weighted by Crippen LogP contribution is -2.20. The van der Waals surface area contributed by atoms with Gasteiger partial charge in [0.15, 0.2) is 5.11 Å². The van der Waals surface area contributed by atoms with Crippen molar-refractivity contribution in [3.8, 4) is 0 Å². The van der Waals surface area contributed by atoms with Crippen molar-refractivity contribution < 1.29 is 28.4 Å². The van der Waals surface area contributed by atoms with Crippen LogP contribution in [0.2, 0.25) is 0 Å². The molecule has 0 spiro atoms. The largest absolute Gasteiger partial charge is 0.465 e. The van der Waals surface area contributed by atoms with Gasteiger partial charge in [0.2, 0.25) is 0 Å². The van der Waals surface area contributed by atoms with Gasteiger partial charge in [-0.1, -0.05) is 0 Å². The molecule has 0 unspecified atom stereocenters. The van der Waals surface area contributed by atoms with Crippen LogP contribution in [0.15, 0.2) is 18.2 Å². The molecule has 1 heterocycles. The molecule has 0 aliphatic rings. The fourth-order valence-corrected chi connectivity index (χ4v) is 3.61. The summed E-state index contributed by atoms with van der Waals surface area (Å²) in [4.78, 5) is 34.3. The van der Waals surface area contributed by atoms with Gasteiger partial charge in [-0.25, -0.2) is 14.0 Å². The molecule has 9 nitrogen and oxygen atoms in total. The van der Waals surface area contributed by atoms with E-state index >= 15 is 0 Å². The number of carbonyl (C=O) groups excluding carboxylic acids is 2. The Bertz CT molecular complexity index is 976. The van der Waals surface area contributed by atoms with Crippen molar-refractivity contribution in [2.24, 2.45) is 0 Å². The molecule has 0 saturated heterocycles. The SMILES string of the molecule is COC(=O)c1sc(NC(=S)Nc2cc([N+](=O)[O-])ccc2F)c(C(=O)OC)c1C. The Hall–Kier alpha value is -3.12. The predicted octanol–water partition coefficient (Wildman–Crippen LogP) is 3.49. The number of nitro groups is 1. The van der Waals surface area contributed by atoms with Crippen LogP contribution in [-0.4, -0.2) is 36.2 Å². The van der Waals surface area contributed by atoms with E-state index in [0.717, 1.165) is 29.5 Å². The Morgan fingerprint density at radius 3 is 2.43 bits per heavy atom. The summed E-state index contributed by atoms with van der Waals surface area (Å²) in [5.41, 5.74) is -0.165. The third-order valence-corrected chi connectivity index (χ3v) is 4.93. The van der Waals surface area contributed by atoms with Crippen molar-refractivity contribution >= 4 is 57.0 Å². The summed E-state index contributed by atoms with van der Waals surface area (Å²) in [6, 6.07) is 2.91. The van der Waals surface area contributed by atoms with Crippen LogP contribution < -0.4 is 10.6 Å². The third kappa shape index (κ3) is 4.40. The number of nitrogens with one attached hydrogen (secondary N) is 2. The number of halogens is 1. The van der Waals surface area contributed by atoms with Gasteiger partial charge in [0.05, 0.1) is 30.4 Å². The van der Waals surface area contributed by atoms with Crippen molar-refractivity contribution in [2.75, 3.05) is 24.9 Å². The first kappa shape index (κ1) is 21.2. The summed E-state index contributed by atoms with van der Waals surface area (Å²) in [7, 11) is 2.37. The smallest absolute Gasteiger partial charge is 0.348 e. The molecular weight excluding hydrogens is 413 g/mol. The molecule has 28 heavy (non-hydrogen) atoms. The van der Waals surface area contributed by atoms with E-state index in [0.29, 0.717) is 5.56 Å². The van der Waals surface area contributed by atoms with Crippen LogP contribution >= 0.6 is 23.6 Å². The summed E-state index contributed by atoms with van der Waals surface area (Å²) < 4.78 is 23.3. The number of benzene rings is 1. The van der Waals surface area contributed by atoms with Crippen molar-refractivity contribution in [3.05, 3.63) is 50.1 Å². The maximum atomic E-state index is 13.9. The number of ether oxygens (including phenoxy) is 2. The van der Waals surface area contributed by atoms with E-state index < -0.39 is 22.7 Å². The second-order valence-electron chi connectivity index (χ2n) is 5.24. The first-order valence-corrected chi connectivity index (χ1v) is 8.74. The average molecular weight is 427 g/mol. The van der Waals surface area contributed by atoms with Gasteiger partial charge in [-0.15, -0.1) is 11.3 Å². The molecule has 0 bridgehead atoms. The number of carbonyl (C=O) groups is 2. The molecular formula is C16H14FN3O6S2. The third-order valence-electron chi connectivity index (χ3n) is 3.54. The second kappa shape index (κ2) is 8.71. The van der Waals surface area contributed by atoms with Gasteiger partial charge >= 0.3 is 11.9 Å². The van der Waals surface area contributed by atoms with Crippen LogP contribution in [0.5, 0.6) is 0 Å². The fraction of sp³-hybridized carbons (Fsp3) is 0.188. The highest BCUT2D eigenvalue weighted by Crippen LogP contribution is 2.34. The summed E-state index contributed by atoms with van der Waals surface area (Å²) in [6.45, 7) is 1.54. The number of nitro benzene ring substituents is 1. The molecule has 1 aromatic carbocycles. The Labute approximate surface area is 167 Å². The van der Waals surface area contributed by atoms with Gasteiger partial charge in [0.25, 0.3) is 5.69 Å². The van der Waals surface area contributed by atoms with E-state index in [-0.39, 0.29) is 31.9 Å². The zero-order valence-corrected chi connectivity index (χ0v) is 16.5. The van der Waals surface area contributed by atoms with Crippen LogP contribution in [0.3, 0.4) is 0 Å². The van der Waals surface area contributed by atoms with Gasteiger partial charge in [-0.3, -0.25) is 10.1 Å². The molecule has 1 aromatic heterocycles. The number of hydrogen-bond acceptors (Lipinski definition) is 8. The molecule has 2 aromatic rings. The van der Waals surface area contributed by atoms with Crippen LogP contribution in [0.25, 0.3) is 0 Å². The first-order chi connectivity index (χ1) is 13.2. The topological polar surface area (TPSA) is 120 Å². The Morgan fingerprint density at radius 1 is 1.21 bits per heavy atom. The summed E-state index contributed by atoms with van der Waals surface area (Å²) >= 11 is 5.99. The minimum atomic E-state index is -0.763. The fourth-order valence-electron chi connectivity index (χ4n) is 2.22. The molecule has 0 aliphatic heterocycles. The quantitative estimate of drug-likeness (QED) is 0.320. The maximum Gasteiger partial charge on any atom is 0.348 e. The zero-order valence-electron chi connectivity index (χ0n) is 14.8. The number of hydrogen-bond donors (Lipinski definition) is 2. The van der Waals surface area contributed by atoms with Crippen LogP contribution in [0.4, 0.5) is 20.8 Å². The lowest BCUT2D eigenvalue weighted by Gasteiger charge is -2.11. The van der Waals surface area contributed by atoms with Crippen LogP contribution in [-0.2, 0) is 9.47 Å². The molecule has 0 aliphatic carbocycles. The Morgan fingerprint density at radius 2 is 1.86 bits per heavy atom.